The van der Waals surface area contributed by atoms with Crippen molar-refractivity contribution in [1.82, 2.24) is 0 Å². The predicted octanol–water partition coefficient (Wildman–Crippen LogP) is 22.1. The number of hydrogen-bond donors (Lipinski definition) is 0. The van der Waals surface area contributed by atoms with E-state index in [9.17, 15) is 0 Å². The SMILES string of the molecule is [CH]C[Si](C)(CCCCCCC[Si](C)(C)CCCCCCCC)CCCCCCC[Si](CCCCCCCC)(CCCCCCC[Si](C)(C)C)CCCCCCC[Si](C)(C)C. The highest BCUT2D eigenvalue weighted by Crippen LogP contribution is 2.36. The van der Waals surface area contributed by atoms with E-state index in [0.717, 1.165) is 6.04 Å². The molecular weight excluding hydrogens is 801 g/mol. The number of rotatable bonds is 47. The van der Waals surface area contributed by atoms with Crippen molar-refractivity contribution >= 4 is 40.4 Å². The third-order valence-corrected chi connectivity index (χ3v) is 32.0. The van der Waals surface area contributed by atoms with Crippen molar-refractivity contribution in [2.45, 2.75) is 345 Å². The van der Waals surface area contributed by atoms with Gasteiger partial charge in [0.25, 0.3) is 0 Å². The lowest BCUT2D eigenvalue weighted by molar-refractivity contribution is 0.608. The molecule has 0 aromatic carbocycles. The lowest BCUT2D eigenvalue weighted by atomic mass is 10.1. The van der Waals surface area contributed by atoms with Gasteiger partial charge in [0.05, 0.1) is 16.1 Å². The molecule has 0 saturated heterocycles. The summed E-state index contributed by atoms with van der Waals surface area (Å²) in [5, 5.41) is 0. The summed E-state index contributed by atoms with van der Waals surface area (Å²) in [6.07, 6.45) is 47.7. The Hall–Kier alpha value is 1.08. The first-order valence-corrected chi connectivity index (χ1v) is 45.0. The maximum atomic E-state index is 6.53. The maximum absolute atomic E-state index is 6.53. The highest BCUT2D eigenvalue weighted by atomic mass is 28.3. The van der Waals surface area contributed by atoms with Crippen LogP contribution in [0.5, 0.6) is 0 Å². The molecule has 360 valence electrons. The Kier molecular flexibility index (Phi) is 38.9. The summed E-state index contributed by atoms with van der Waals surface area (Å²) in [6.45, 7) is 34.6. The predicted molar refractivity (Wildman–Crippen MR) is 298 cm³/mol. The molecule has 0 aliphatic rings. The Morgan fingerprint density at radius 1 is 0.250 bits per heavy atom. The van der Waals surface area contributed by atoms with Crippen LogP contribution in [0, 0.1) is 6.92 Å². The van der Waals surface area contributed by atoms with E-state index >= 15 is 0 Å². The fourth-order valence-corrected chi connectivity index (χ4v) is 24.2. The maximum Gasteiger partial charge on any atom is 0.0535 e. The molecule has 60 heavy (non-hydrogen) atoms. The summed E-state index contributed by atoms with van der Waals surface area (Å²) in [5.41, 5.74) is 0. The lowest BCUT2D eigenvalue weighted by Gasteiger charge is -2.33. The molecule has 0 aromatic rings. The Labute approximate surface area is 389 Å². The van der Waals surface area contributed by atoms with Gasteiger partial charge in [0.1, 0.15) is 0 Å². The third-order valence-electron chi connectivity index (χ3n) is 15.1. The van der Waals surface area contributed by atoms with E-state index in [4.69, 9.17) is 6.92 Å². The van der Waals surface area contributed by atoms with Gasteiger partial charge in [-0.05, 0) is 6.92 Å². The van der Waals surface area contributed by atoms with Crippen LogP contribution < -0.4 is 0 Å². The molecule has 1 unspecified atom stereocenters. The topological polar surface area (TPSA) is 0 Å². The van der Waals surface area contributed by atoms with Gasteiger partial charge in [-0.15, -0.1) is 0 Å². The molecule has 0 N–H and O–H groups in total. The zero-order valence-corrected chi connectivity index (χ0v) is 49.5. The van der Waals surface area contributed by atoms with Crippen LogP contribution in [0.3, 0.4) is 0 Å². The van der Waals surface area contributed by atoms with Gasteiger partial charge in [-0.1, -0.05) is 345 Å². The minimum absolute atomic E-state index is 0.875. The fourth-order valence-electron chi connectivity index (χ4n) is 10.5. The van der Waals surface area contributed by atoms with Gasteiger partial charge in [-0.25, -0.2) is 0 Å². The summed E-state index contributed by atoms with van der Waals surface area (Å²) in [6, 6.07) is 16.9. The number of hydrogen-bond acceptors (Lipinski definition) is 0. The van der Waals surface area contributed by atoms with E-state index in [0.29, 0.717) is 0 Å². The lowest BCUT2D eigenvalue weighted by Crippen LogP contribution is -2.34. The van der Waals surface area contributed by atoms with Crippen molar-refractivity contribution in [3.63, 3.8) is 0 Å². The normalized spacial score (nSPS) is 14.0. The Bertz CT molecular complexity index is 876. The van der Waals surface area contributed by atoms with Crippen molar-refractivity contribution in [2.24, 2.45) is 0 Å². The second-order valence-corrected chi connectivity index (χ2v) is 51.5. The summed E-state index contributed by atoms with van der Waals surface area (Å²) in [4.78, 5) is 0. The average molecular weight is 922 g/mol. The molecule has 2 radical (unpaired) electrons. The first kappa shape index (κ1) is 61.1. The first-order valence-electron chi connectivity index (χ1n) is 28.2. The average Bonchev–Trinajstić information content (AvgIpc) is 3.18. The molecule has 0 spiro atoms. The minimum atomic E-state index is -1.25. The zero-order chi connectivity index (χ0) is 44.9. The van der Waals surface area contributed by atoms with Crippen LogP contribution in [0.25, 0.3) is 0 Å². The quantitative estimate of drug-likeness (QED) is 0.0421. The highest BCUT2D eigenvalue weighted by Gasteiger charge is 2.31. The van der Waals surface area contributed by atoms with Gasteiger partial charge in [0.15, 0.2) is 0 Å². The van der Waals surface area contributed by atoms with E-state index in [1.54, 1.807) is 61.9 Å². The van der Waals surface area contributed by atoms with Gasteiger partial charge in [0, 0.05) is 24.2 Å². The zero-order valence-electron chi connectivity index (χ0n) is 44.5. The molecule has 0 aromatic heterocycles. The summed E-state index contributed by atoms with van der Waals surface area (Å²) >= 11 is 0. The third kappa shape index (κ3) is 40.6. The molecule has 0 heterocycles. The first-order chi connectivity index (χ1) is 28.5. The summed E-state index contributed by atoms with van der Waals surface area (Å²) in [5.74, 6) is 0. The molecule has 0 aliphatic heterocycles. The van der Waals surface area contributed by atoms with Crippen molar-refractivity contribution in [3.8, 4) is 0 Å². The smallest absolute Gasteiger partial charge is 0.0535 e. The van der Waals surface area contributed by atoms with E-state index in [1.807, 2.05) is 0 Å². The van der Waals surface area contributed by atoms with E-state index in [2.05, 4.69) is 72.8 Å². The second kappa shape index (κ2) is 38.2. The summed E-state index contributed by atoms with van der Waals surface area (Å²) in [7, 11) is -5.17. The number of unbranched alkanes of at least 4 members (excludes halogenated alkanes) is 26. The van der Waals surface area contributed by atoms with Gasteiger partial charge < -0.3 is 0 Å². The van der Waals surface area contributed by atoms with Crippen LogP contribution in [-0.4, -0.2) is 40.4 Å². The van der Waals surface area contributed by atoms with Crippen LogP contribution in [0.1, 0.15) is 219 Å². The monoisotopic (exact) mass is 921 g/mol. The Morgan fingerprint density at radius 3 is 0.717 bits per heavy atom. The van der Waals surface area contributed by atoms with Gasteiger partial charge in [-0.3, -0.25) is 0 Å². The van der Waals surface area contributed by atoms with Gasteiger partial charge in [0.2, 0.25) is 0 Å². The molecule has 1 atom stereocenters. The van der Waals surface area contributed by atoms with Crippen molar-refractivity contribution in [1.29, 1.82) is 0 Å². The molecule has 0 amide bonds. The van der Waals surface area contributed by atoms with Gasteiger partial charge in [-0.2, -0.15) is 0 Å². The Morgan fingerprint density at radius 2 is 0.467 bits per heavy atom. The standard InChI is InChI=1S/C55H120Si5/c1-13-16-18-20-28-38-48-58(10,11)49-39-29-24-30-40-50-59(12,15-3)51-41-31-25-35-45-55-60(52-42-32-21-19-17-14-2,53-43-33-22-26-36-46-56(4,5)6)54-44-34-23-27-37-47-57(7,8)9/h3H,13-55H2,1-2,4-12H3. The molecule has 0 rings (SSSR count). The van der Waals surface area contributed by atoms with E-state index < -0.39 is 40.4 Å². The highest BCUT2D eigenvalue weighted by molar-refractivity contribution is 6.80. The van der Waals surface area contributed by atoms with Crippen LogP contribution in [-0.2, 0) is 0 Å². The van der Waals surface area contributed by atoms with E-state index in [-0.39, 0.29) is 0 Å². The molecule has 0 nitrogen and oxygen atoms in total. The van der Waals surface area contributed by atoms with Crippen LogP contribution in [0.15, 0.2) is 0 Å². The van der Waals surface area contributed by atoms with Crippen molar-refractivity contribution in [3.05, 3.63) is 6.92 Å². The molecule has 0 saturated carbocycles. The van der Waals surface area contributed by atoms with Crippen LogP contribution in [0.4, 0.5) is 0 Å². The molecule has 0 bridgehead atoms. The van der Waals surface area contributed by atoms with Crippen LogP contribution in [0.2, 0.25) is 125 Å². The second-order valence-electron chi connectivity index (χ2n) is 24.9. The molecule has 0 aliphatic carbocycles. The van der Waals surface area contributed by atoms with Crippen molar-refractivity contribution in [2.75, 3.05) is 0 Å². The molecule has 0 fully saturated rings. The molecular formula is C55H120Si5. The van der Waals surface area contributed by atoms with Crippen molar-refractivity contribution < 1.29 is 0 Å². The Balaban J connectivity index is 4.86. The fraction of sp³-hybridized carbons (Fsp3) is 0.982. The minimum Gasteiger partial charge on any atom is -0.0695 e. The largest absolute Gasteiger partial charge is 0.0695 e. The van der Waals surface area contributed by atoms with Gasteiger partial charge >= 0.3 is 0 Å². The summed E-state index contributed by atoms with van der Waals surface area (Å²) < 4.78 is 0. The molecule has 5 heteroatoms. The van der Waals surface area contributed by atoms with E-state index in [1.165, 1.54) is 204 Å². The van der Waals surface area contributed by atoms with Crippen LogP contribution >= 0.6 is 0 Å².